The van der Waals surface area contributed by atoms with Gasteiger partial charge < -0.3 is 9.26 Å². The summed E-state index contributed by atoms with van der Waals surface area (Å²) in [5, 5.41) is 3.97. The molecule has 0 saturated heterocycles. The maximum atomic E-state index is 5.80. The van der Waals surface area contributed by atoms with Crippen LogP contribution in [0.2, 0.25) is 0 Å². The maximum absolute atomic E-state index is 5.80. The van der Waals surface area contributed by atoms with Crippen LogP contribution in [0, 0.1) is 6.92 Å². The summed E-state index contributed by atoms with van der Waals surface area (Å²) in [6, 6.07) is 11.5. The number of ether oxygens (including phenoxy) is 1. The van der Waals surface area contributed by atoms with Gasteiger partial charge in [-0.1, -0.05) is 22.9 Å². The van der Waals surface area contributed by atoms with E-state index < -0.39 is 0 Å². The Morgan fingerprint density at radius 2 is 1.76 bits per heavy atom. The Morgan fingerprint density at radius 1 is 1.05 bits per heavy atom. The Balaban J connectivity index is 1.75. The van der Waals surface area contributed by atoms with Crippen LogP contribution in [0.1, 0.15) is 24.5 Å². The molecule has 1 unspecified atom stereocenters. The summed E-state index contributed by atoms with van der Waals surface area (Å²) in [4.78, 5) is 8.33. The van der Waals surface area contributed by atoms with Gasteiger partial charge in [0.25, 0.3) is 5.89 Å². The van der Waals surface area contributed by atoms with Crippen molar-refractivity contribution < 1.29 is 9.26 Å². The summed E-state index contributed by atoms with van der Waals surface area (Å²) in [5.74, 6) is 1.76. The number of aromatic nitrogens is 3. The van der Waals surface area contributed by atoms with Crippen LogP contribution in [0.4, 0.5) is 0 Å². The smallest absolute Gasteiger partial charge is 0.267 e. The third-order valence-electron chi connectivity index (χ3n) is 3.06. The topological polar surface area (TPSA) is 61.0 Å². The highest BCUT2D eigenvalue weighted by molar-refractivity contribution is 5.52. The van der Waals surface area contributed by atoms with Gasteiger partial charge in [0.1, 0.15) is 5.75 Å². The van der Waals surface area contributed by atoms with Gasteiger partial charge in [-0.25, -0.2) is 0 Å². The second-order valence-corrected chi connectivity index (χ2v) is 4.77. The van der Waals surface area contributed by atoms with E-state index in [1.807, 2.05) is 50.2 Å². The Hall–Kier alpha value is -2.69. The van der Waals surface area contributed by atoms with E-state index in [4.69, 9.17) is 9.26 Å². The predicted octanol–water partition coefficient (Wildman–Crippen LogP) is 3.58. The molecule has 0 bridgehead atoms. The van der Waals surface area contributed by atoms with E-state index in [0.29, 0.717) is 11.7 Å². The Labute approximate surface area is 122 Å². The molecular weight excluding hydrogens is 266 g/mol. The average molecular weight is 281 g/mol. The number of hydrogen-bond acceptors (Lipinski definition) is 5. The third-order valence-corrected chi connectivity index (χ3v) is 3.06. The first-order chi connectivity index (χ1) is 10.2. The van der Waals surface area contributed by atoms with Crippen molar-refractivity contribution in [2.75, 3.05) is 0 Å². The van der Waals surface area contributed by atoms with Crippen molar-refractivity contribution in [3.63, 3.8) is 0 Å². The van der Waals surface area contributed by atoms with Crippen molar-refractivity contribution >= 4 is 0 Å². The molecule has 0 aliphatic heterocycles. The van der Waals surface area contributed by atoms with Crippen LogP contribution in [-0.4, -0.2) is 15.1 Å². The fraction of sp³-hybridized carbons (Fsp3) is 0.188. The molecule has 1 aromatic carbocycles. The second kappa shape index (κ2) is 5.75. The number of nitrogens with zero attached hydrogens (tertiary/aromatic N) is 3. The molecule has 5 heteroatoms. The van der Waals surface area contributed by atoms with Crippen molar-refractivity contribution in [3.8, 4) is 17.1 Å². The second-order valence-electron chi connectivity index (χ2n) is 4.77. The van der Waals surface area contributed by atoms with Crippen molar-refractivity contribution in [1.29, 1.82) is 0 Å². The van der Waals surface area contributed by atoms with Crippen LogP contribution < -0.4 is 4.74 Å². The first-order valence-electron chi connectivity index (χ1n) is 6.70. The molecule has 5 nitrogen and oxygen atoms in total. The largest absolute Gasteiger partial charge is 0.481 e. The van der Waals surface area contributed by atoms with Gasteiger partial charge >= 0.3 is 0 Å². The Bertz CT molecular complexity index is 708. The summed E-state index contributed by atoms with van der Waals surface area (Å²) in [7, 11) is 0. The lowest BCUT2D eigenvalue weighted by Crippen LogP contribution is -2.03. The number of rotatable bonds is 4. The highest BCUT2D eigenvalue weighted by Crippen LogP contribution is 2.23. The minimum Gasteiger partial charge on any atom is -0.481 e. The van der Waals surface area contributed by atoms with Gasteiger partial charge in [-0.05, 0) is 38.1 Å². The zero-order valence-corrected chi connectivity index (χ0v) is 11.9. The number of hydrogen-bond donors (Lipinski definition) is 0. The molecule has 106 valence electrons. The molecule has 1 atom stereocenters. The minimum atomic E-state index is -0.309. The van der Waals surface area contributed by atoms with Gasteiger partial charge in [-0.3, -0.25) is 4.98 Å². The van der Waals surface area contributed by atoms with Crippen molar-refractivity contribution in [3.05, 3.63) is 60.2 Å². The molecule has 0 radical (unpaired) electrons. The minimum absolute atomic E-state index is 0.309. The van der Waals surface area contributed by atoms with E-state index in [-0.39, 0.29) is 6.10 Å². The summed E-state index contributed by atoms with van der Waals surface area (Å²) in [6.45, 7) is 3.91. The van der Waals surface area contributed by atoms with E-state index >= 15 is 0 Å². The lowest BCUT2D eigenvalue weighted by molar-refractivity contribution is 0.176. The predicted molar refractivity (Wildman–Crippen MR) is 77.8 cm³/mol. The van der Waals surface area contributed by atoms with Gasteiger partial charge in [0.15, 0.2) is 6.10 Å². The monoisotopic (exact) mass is 281 g/mol. The molecule has 0 N–H and O–H groups in total. The van der Waals surface area contributed by atoms with Gasteiger partial charge in [-0.15, -0.1) is 0 Å². The molecule has 3 aromatic rings. The fourth-order valence-corrected chi connectivity index (χ4v) is 1.89. The zero-order chi connectivity index (χ0) is 14.7. The summed E-state index contributed by atoms with van der Waals surface area (Å²) < 4.78 is 11.1. The molecule has 0 saturated carbocycles. The van der Waals surface area contributed by atoms with Crippen LogP contribution in [0.3, 0.4) is 0 Å². The van der Waals surface area contributed by atoms with Gasteiger partial charge in [0.05, 0.1) is 0 Å². The van der Waals surface area contributed by atoms with Crippen molar-refractivity contribution in [2.24, 2.45) is 0 Å². The molecule has 0 amide bonds. The van der Waals surface area contributed by atoms with E-state index in [1.165, 1.54) is 5.56 Å². The van der Waals surface area contributed by atoms with Gasteiger partial charge in [0, 0.05) is 18.0 Å². The third kappa shape index (κ3) is 3.08. The van der Waals surface area contributed by atoms with E-state index in [1.54, 1.807) is 12.4 Å². The number of aryl methyl sites for hydroxylation is 1. The molecule has 0 spiro atoms. The van der Waals surface area contributed by atoms with Crippen LogP contribution in [0.25, 0.3) is 11.4 Å². The number of pyridine rings is 1. The molecule has 0 aliphatic rings. The van der Waals surface area contributed by atoms with Crippen LogP contribution in [0.5, 0.6) is 5.75 Å². The Morgan fingerprint density at radius 3 is 2.48 bits per heavy atom. The van der Waals surface area contributed by atoms with Gasteiger partial charge in [0.2, 0.25) is 5.82 Å². The summed E-state index contributed by atoms with van der Waals surface area (Å²) in [6.07, 6.45) is 3.07. The van der Waals surface area contributed by atoms with Crippen molar-refractivity contribution in [1.82, 2.24) is 15.1 Å². The molecule has 21 heavy (non-hydrogen) atoms. The molecule has 0 fully saturated rings. The summed E-state index contributed by atoms with van der Waals surface area (Å²) >= 11 is 0. The molecular formula is C16H15N3O2. The zero-order valence-electron chi connectivity index (χ0n) is 11.9. The van der Waals surface area contributed by atoms with Crippen LogP contribution >= 0.6 is 0 Å². The first kappa shape index (κ1) is 13.3. The summed E-state index contributed by atoms with van der Waals surface area (Å²) in [5.41, 5.74) is 2.05. The van der Waals surface area contributed by atoms with E-state index in [0.717, 1.165) is 11.3 Å². The standard InChI is InChI=1S/C16H15N3O2/c1-11-3-5-14(6-4-11)20-12(2)16-18-15(19-21-16)13-7-9-17-10-8-13/h3-10,12H,1-2H3. The highest BCUT2D eigenvalue weighted by atomic mass is 16.5. The van der Waals surface area contributed by atoms with E-state index in [9.17, 15) is 0 Å². The normalized spacial score (nSPS) is 12.1. The van der Waals surface area contributed by atoms with Crippen molar-refractivity contribution in [2.45, 2.75) is 20.0 Å². The average Bonchev–Trinajstić information content (AvgIpc) is 3.00. The molecule has 0 aliphatic carbocycles. The Kier molecular flexibility index (Phi) is 3.64. The first-order valence-corrected chi connectivity index (χ1v) is 6.70. The van der Waals surface area contributed by atoms with Crippen LogP contribution in [-0.2, 0) is 0 Å². The van der Waals surface area contributed by atoms with Gasteiger partial charge in [-0.2, -0.15) is 4.98 Å². The lowest BCUT2D eigenvalue weighted by Gasteiger charge is -2.10. The quantitative estimate of drug-likeness (QED) is 0.731. The molecule has 2 heterocycles. The molecule has 3 rings (SSSR count). The maximum Gasteiger partial charge on any atom is 0.267 e. The SMILES string of the molecule is Cc1ccc(OC(C)c2nc(-c3ccncc3)no2)cc1. The lowest BCUT2D eigenvalue weighted by atomic mass is 10.2. The fourth-order valence-electron chi connectivity index (χ4n) is 1.89. The molecule has 2 aromatic heterocycles. The van der Waals surface area contributed by atoms with Crippen LogP contribution in [0.15, 0.2) is 53.3 Å². The van der Waals surface area contributed by atoms with E-state index in [2.05, 4.69) is 15.1 Å². The number of benzene rings is 1. The highest BCUT2D eigenvalue weighted by Gasteiger charge is 2.16.